The molecule has 1 rings (SSSR count). The first-order valence-electron chi connectivity index (χ1n) is 4.72. The van der Waals surface area contributed by atoms with Gasteiger partial charge in [0.25, 0.3) is 0 Å². The number of carbonyl (C=O) groups is 1. The van der Waals surface area contributed by atoms with Gasteiger partial charge in [0.05, 0.1) is 12.7 Å². The zero-order valence-corrected chi connectivity index (χ0v) is 7.95. The van der Waals surface area contributed by atoms with Crippen LogP contribution in [0.1, 0.15) is 32.6 Å². The quantitative estimate of drug-likeness (QED) is 0.662. The summed E-state index contributed by atoms with van der Waals surface area (Å²) in [6.07, 6.45) is 2.50. The molecule has 0 aromatic heterocycles. The van der Waals surface area contributed by atoms with Gasteiger partial charge >= 0.3 is 0 Å². The predicted molar refractivity (Wildman–Crippen MR) is 48.0 cm³/mol. The van der Waals surface area contributed by atoms with Crippen molar-refractivity contribution in [2.75, 3.05) is 6.61 Å². The van der Waals surface area contributed by atoms with Crippen LogP contribution in [0.4, 0.5) is 0 Å². The second-order valence-corrected chi connectivity index (χ2v) is 3.63. The monoisotopic (exact) mass is 187 g/mol. The SMILES string of the molecule is CCCC1CC(O)(C(N)=O)CCO1. The summed E-state index contributed by atoms with van der Waals surface area (Å²) in [6, 6.07) is 0. The molecule has 2 unspecified atom stereocenters. The average Bonchev–Trinajstić information content (AvgIpc) is 2.04. The molecule has 0 spiro atoms. The number of aliphatic hydroxyl groups is 1. The maximum absolute atomic E-state index is 10.9. The van der Waals surface area contributed by atoms with E-state index in [1.165, 1.54) is 0 Å². The Kier molecular flexibility index (Phi) is 3.27. The summed E-state index contributed by atoms with van der Waals surface area (Å²) in [4.78, 5) is 10.9. The molecule has 1 saturated heterocycles. The van der Waals surface area contributed by atoms with Gasteiger partial charge in [-0.2, -0.15) is 0 Å². The summed E-state index contributed by atoms with van der Waals surface area (Å²) in [5.74, 6) is -0.628. The van der Waals surface area contributed by atoms with Gasteiger partial charge in [0.1, 0.15) is 5.60 Å². The number of nitrogens with two attached hydrogens (primary N) is 1. The van der Waals surface area contributed by atoms with E-state index in [0.717, 1.165) is 12.8 Å². The Hall–Kier alpha value is -0.610. The van der Waals surface area contributed by atoms with Gasteiger partial charge in [-0.25, -0.2) is 0 Å². The van der Waals surface area contributed by atoms with Crippen LogP contribution < -0.4 is 5.73 Å². The highest BCUT2D eigenvalue weighted by atomic mass is 16.5. The molecule has 13 heavy (non-hydrogen) atoms. The molecule has 0 saturated carbocycles. The van der Waals surface area contributed by atoms with Crippen LogP contribution >= 0.6 is 0 Å². The van der Waals surface area contributed by atoms with Crippen LogP contribution in [0.5, 0.6) is 0 Å². The fourth-order valence-electron chi connectivity index (χ4n) is 1.66. The lowest BCUT2D eigenvalue weighted by Gasteiger charge is -2.34. The first-order valence-corrected chi connectivity index (χ1v) is 4.72. The van der Waals surface area contributed by atoms with E-state index in [1.807, 2.05) is 6.92 Å². The molecule has 1 amide bonds. The van der Waals surface area contributed by atoms with Crippen LogP contribution in [-0.2, 0) is 9.53 Å². The predicted octanol–water partition coefficient (Wildman–Crippen LogP) is 0.182. The van der Waals surface area contributed by atoms with E-state index in [9.17, 15) is 9.90 Å². The van der Waals surface area contributed by atoms with Gasteiger partial charge in [-0.05, 0) is 6.42 Å². The Morgan fingerprint density at radius 2 is 2.46 bits per heavy atom. The van der Waals surface area contributed by atoms with E-state index in [0.29, 0.717) is 19.4 Å². The summed E-state index contributed by atoms with van der Waals surface area (Å²) >= 11 is 0. The Bertz CT molecular complexity index is 193. The lowest BCUT2D eigenvalue weighted by molar-refractivity contribution is -0.153. The maximum atomic E-state index is 10.9. The lowest BCUT2D eigenvalue weighted by atomic mass is 9.88. The molecule has 2 atom stereocenters. The lowest BCUT2D eigenvalue weighted by Crippen LogP contribution is -2.50. The van der Waals surface area contributed by atoms with E-state index >= 15 is 0 Å². The molecule has 0 aromatic carbocycles. The van der Waals surface area contributed by atoms with Crippen molar-refractivity contribution < 1.29 is 14.6 Å². The first kappa shape index (κ1) is 10.5. The zero-order chi connectivity index (χ0) is 9.90. The van der Waals surface area contributed by atoms with E-state index < -0.39 is 11.5 Å². The van der Waals surface area contributed by atoms with E-state index in [4.69, 9.17) is 10.5 Å². The summed E-state index contributed by atoms with van der Waals surface area (Å²) in [7, 11) is 0. The highest BCUT2D eigenvalue weighted by molar-refractivity contribution is 5.83. The van der Waals surface area contributed by atoms with Gasteiger partial charge in [0.15, 0.2) is 0 Å². The molecule has 0 bridgehead atoms. The molecule has 1 aliphatic heterocycles. The summed E-state index contributed by atoms with van der Waals surface area (Å²) in [5.41, 5.74) is 3.78. The highest BCUT2D eigenvalue weighted by Crippen LogP contribution is 2.26. The van der Waals surface area contributed by atoms with Gasteiger partial charge in [-0.15, -0.1) is 0 Å². The molecular weight excluding hydrogens is 170 g/mol. The largest absolute Gasteiger partial charge is 0.380 e. The molecule has 0 radical (unpaired) electrons. The fraction of sp³-hybridized carbons (Fsp3) is 0.889. The Morgan fingerprint density at radius 1 is 1.77 bits per heavy atom. The van der Waals surface area contributed by atoms with E-state index in [-0.39, 0.29) is 6.10 Å². The molecule has 4 nitrogen and oxygen atoms in total. The van der Waals surface area contributed by atoms with Crippen molar-refractivity contribution in [3.8, 4) is 0 Å². The second-order valence-electron chi connectivity index (χ2n) is 3.63. The molecule has 0 aromatic rings. The molecule has 1 heterocycles. The van der Waals surface area contributed by atoms with Crippen LogP contribution in [0.2, 0.25) is 0 Å². The molecule has 4 heteroatoms. The molecule has 1 fully saturated rings. The third kappa shape index (κ3) is 2.42. The van der Waals surface area contributed by atoms with Gasteiger partial charge in [-0.3, -0.25) is 4.79 Å². The first-order chi connectivity index (χ1) is 6.08. The number of primary amides is 1. The van der Waals surface area contributed by atoms with Crippen molar-refractivity contribution in [2.45, 2.75) is 44.3 Å². The minimum absolute atomic E-state index is 0.0174. The van der Waals surface area contributed by atoms with E-state index in [1.54, 1.807) is 0 Å². The van der Waals surface area contributed by atoms with Gasteiger partial charge < -0.3 is 15.6 Å². The van der Waals surface area contributed by atoms with Crippen molar-refractivity contribution in [1.82, 2.24) is 0 Å². The zero-order valence-electron chi connectivity index (χ0n) is 7.95. The smallest absolute Gasteiger partial charge is 0.249 e. The third-order valence-electron chi connectivity index (χ3n) is 2.50. The number of amides is 1. The van der Waals surface area contributed by atoms with Crippen LogP contribution in [0, 0.1) is 0 Å². The van der Waals surface area contributed by atoms with Crippen LogP contribution in [0.3, 0.4) is 0 Å². The van der Waals surface area contributed by atoms with Crippen LogP contribution in [0.25, 0.3) is 0 Å². The standard InChI is InChI=1S/C9H17NO3/c1-2-3-7-6-9(12,8(10)11)4-5-13-7/h7,12H,2-6H2,1H3,(H2,10,11). The summed E-state index contributed by atoms with van der Waals surface area (Å²) in [5, 5.41) is 9.79. The van der Waals surface area contributed by atoms with Crippen molar-refractivity contribution in [1.29, 1.82) is 0 Å². The Labute approximate surface area is 78.1 Å². The van der Waals surface area contributed by atoms with Crippen LogP contribution in [-0.4, -0.2) is 29.3 Å². The Balaban J connectivity index is 2.54. The topological polar surface area (TPSA) is 72.5 Å². The number of ether oxygens (including phenoxy) is 1. The van der Waals surface area contributed by atoms with Crippen LogP contribution in [0.15, 0.2) is 0 Å². The maximum Gasteiger partial charge on any atom is 0.249 e. The third-order valence-corrected chi connectivity index (χ3v) is 2.50. The molecular formula is C9H17NO3. The minimum atomic E-state index is -1.34. The normalized spacial score (nSPS) is 34.5. The minimum Gasteiger partial charge on any atom is -0.380 e. The second kappa shape index (κ2) is 4.07. The number of hydrogen-bond donors (Lipinski definition) is 2. The summed E-state index contributed by atoms with van der Waals surface area (Å²) in [6.45, 7) is 2.46. The molecule has 0 aliphatic carbocycles. The van der Waals surface area contributed by atoms with Crippen molar-refractivity contribution in [3.63, 3.8) is 0 Å². The van der Waals surface area contributed by atoms with Gasteiger partial charge in [0, 0.05) is 12.8 Å². The van der Waals surface area contributed by atoms with Gasteiger partial charge in [-0.1, -0.05) is 13.3 Å². The highest BCUT2D eigenvalue weighted by Gasteiger charge is 2.39. The molecule has 76 valence electrons. The summed E-state index contributed by atoms with van der Waals surface area (Å²) < 4.78 is 5.40. The molecule has 3 N–H and O–H groups in total. The fourth-order valence-corrected chi connectivity index (χ4v) is 1.66. The Morgan fingerprint density at radius 3 is 3.00 bits per heavy atom. The number of rotatable bonds is 3. The van der Waals surface area contributed by atoms with E-state index in [2.05, 4.69) is 0 Å². The van der Waals surface area contributed by atoms with Crippen molar-refractivity contribution >= 4 is 5.91 Å². The number of hydrogen-bond acceptors (Lipinski definition) is 3. The molecule has 1 aliphatic rings. The van der Waals surface area contributed by atoms with Crippen molar-refractivity contribution in [2.24, 2.45) is 5.73 Å². The average molecular weight is 187 g/mol. The van der Waals surface area contributed by atoms with Crippen molar-refractivity contribution in [3.05, 3.63) is 0 Å². The van der Waals surface area contributed by atoms with Gasteiger partial charge in [0.2, 0.25) is 5.91 Å². The number of carbonyl (C=O) groups excluding carboxylic acids is 1.